The molecule has 1 amide bonds. The third kappa shape index (κ3) is 2.50. The van der Waals surface area contributed by atoms with Crippen LogP contribution in [-0.4, -0.2) is 30.1 Å². The average molecular weight is 340 g/mol. The maximum atomic E-state index is 12.4. The van der Waals surface area contributed by atoms with E-state index >= 15 is 0 Å². The molecule has 7 nitrogen and oxygen atoms in total. The molecular weight excluding hydrogens is 324 g/mol. The lowest BCUT2D eigenvalue weighted by Gasteiger charge is -2.10. The molecule has 0 bridgehead atoms. The van der Waals surface area contributed by atoms with Gasteiger partial charge in [0.15, 0.2) is 4.96 Å². The number of fused-ring (bicyclic) bond motifs is 1. The molecule has 4 rings (SSSR count). The number of amides is 1. The summed E-state index contributed by atoms with van der Waals surface area (Å²) in [7, 11) is 1.94. The standard InChI is InChI=1S/C16H16N6OS/c1-10(13-9-22-6-7-24-16(22)18-13)17-15(23)12-8-11(19-20-12)14-4-3-5-21(14)2/h3-10H,1-2H3,(H,17,23)(H,19,20). The van der Waals surface area contributed by atoms with Gasteiger partial charge in [-0.05, 0) is 25.1 Å². The van der Waals surface area contributed by atoms with Gasteiger partial charge in [-0.2, -0.15) is 5.10 Å². The third-order valence-corrected chi connectivity index (χ3v) is 4.70. The lowest BCUT2D eigenvalue weighted by atomic mass is 10.2. The fourth-order valence-corrected chi connectivity index (χ4v) is 3.31. The number of carbonyl (C=O) groups is 1. The summed E-state index contributed by atoms with van der Waals surface area (Å²) < 4.78 is 3.91. The number of carbonyl (C=O) groups excluding carboxylic acids is 1. The van der Waals surface area contributed by atoms with Crippen molar-refractivity contribution in [3.05, 3.63) is 53.6 Å². The minimum absolute atomic E-state index is 0.189. The molecule has 1 unspecified atom stereocenters. The number of hydrogen-bond donors (Lipinski definition) is 2. The van der Waals surface area contributed by atoms with Gasteiger partial charge in [0, 0.05) is 31.0 Å². The molecule has 0 saturated carbocycles. The Morgan fingerprint density at radius 3 is 3.04 bits per heavy atom. The molecular formula is C16H16N6OS. The summed E-state index contributed by atoms with van der Waals surface area (Å²) in [6.07, 6.45) is 5.82. The Morgan fingerprint density at radius 1 is 1.42 bits per heavy atom. The largest absolute Gasteiger partial charge is 0.349 e. The monoisotopic (exact) mass is 340 g/mol. The number of imidazole rings is 1. The zero-order valence-electron chi connectivity index (χ0n) is 13.2. The molecule has 0 aliphatic heterocycles. The Kier molecular flexibility index (Phi) is 3.46. The van der Waals surface area contributed by atoms with Crippen LogP contribution in [0.1, 0.15) is 29.1 Å². The van der Waals surface area contributed by atoms with Crippen LogP contribution in [0.15, 0.2) is 42.2 Å². The quantitative estimate of drug-likeness (QED) is 0.599. The number of thiazole rings is 1. The summed E-state index contributed by atoms with van der Waals surface area (Å²) in [6, 6.07) is 5.46. The van der Waals surface area contributed by atoms with Crippen LogP contribution < -0.4 is 5.32 Å². The molecule has 0 saturated heterocycles. The number of rotatable bonds is 4. The molecule has 0 aromatic carbocycles. The molecule has 1 atom stereocenters. The number of H-pyrrole nitrogens is 1. The highest BCUT2D eigenvalue weighted by Crippen LogP contribution is 2.19. The smallest absolute Gasteiger partial charge is 0.269 e. The van der Waals surface area contributed by atoms with E-state index < -0.39 is 0 Å². The maximum absolute atomic E-state index is 12.4. The summed E-state index contributed by atoms with van der Waals surface area (Å²) >= 11 is 1.56. The van der Waals surface area contributed by atoms with Crippen LogP contribution in [0, 0.1) is 0 Å². The van der Waals surface area contributed by atoms with Gasteiger partial charge in [-0.15, -0.1) is 11.3 Å². The zero-order valence-corrected chi connectivity index (χ0v) is 14.0. The lowest BCUT2D eigenvalue weighted by Crippen LogP contribution is -2.27. The molecule has 0 radical (unpaired) electrons. The molecule has 4 aromatic heterocycles. The Bertz CT molecular complexity index is 978. The van der Waals surface area contributed by atoms with Gasteiger partial charge in [-0.3, -0.25) is 14.3 Å². The van der Waals surface area contributed by atoms with E-state index in [9.17, 15) is 4.79 Å². The summed E-state index contributed by atoms with van der Waals surface area (Å²) in [5, 5.41) is 11.9. The predicted molar refractivity (Wildman–Crippen MR) is 91.9 cm³/mol. The van der Waals surface area contributed by atoms with Crippen LogP contribution in [0.3, 0.4) is 0 Å². The van der Waals surface area contributed by atoms with Crippen LogP contribution in [-0.2, 0) is 7.05 Å². The van der Waals surface area contributed by atoms with Crippen molar-refractivity contribution >= 4 is 22.2 Å². The minimum Gasteiger partial charge on any atom is -0.349 e. The minimum atomic E-state index is -0.202. The second-order valence-electron chi connectivity index (χ2n) is 5.62. The summed E-state index contributed by atoms with van der Waals surface area (Å²) in [5.41, 5.74) is 2.95. The third-order valence-electron chi connectivity index (χ3n) is 3.93. The molecule has 4 aromatic rings. The number of nitrogens with zero attached hydrogens (tertiary/aromatic N) is 4. The first-order valence-corrected chi connectivity index (χ1v) is 8.40. The Morgan fingerprint density at radius 2 is 2.29 bits per heavy atom. The van der Waals surface area contributed by atoms with Crippen LogP contribution >= 0.6 is 11.3 Å². The summed E-state index contributed by atoms with van der Waals surface area (Å²) in [4.78, 5) is 17.9. The first-order chi connectivity index (χ1) is 11.6. The van der Waals surface area contributed by atoms with Gasteiger partial charge < -0.3 is 9.88 Å². The van der Waals surface area contributed by atoms with Crippen molar-refractivity contribution in [2.24, 2.45) is 7.05 Å². The van der Waals surface area contributed by atoms with E-state index in [1.54, 1.807) is 17.4 Å². The maximum Gasteiger partial charge on any atom is 0.269 e. The molecule has 24 heavy (non-hydrogen) atoms. The summed E-state index contributed by atoms with van der Waals surface area (Å²) in [6.45, 7) is 1.92. The van der Waals surface area contributed by atoms with E-state index in [2.05, 4.69) is 20.5 Å². The summed E-state index contributed by atoms with van der Waals surface area (Å²) in [5.74, 6) is -0.202. The van der Waals surface area contributed by atoms with Gasteiger partial charge in [-0.1, -0.05) is 0 Å². The van der Waals surface area contributed by atoms with Crippen molar-refractivity contribution < 1.29 is 4.79 Å². The Labute approximate surface area is 142 Å². The number of aromatic amines is 1. The second kappa shape index (κ2) is 5.64. The first-order valence-electron chi connectivity index (χ1n) is 7.52. The van der Waals surface area contributed by atoms with Crippen molar-refractivity contribution in [3.8, 4) is 11.4 Å². The lowest BCUT2D eigenvalue weighted by molar-refractivity contribution is 0.0934. The highest BCUT2D eigenvalue weighted by atomic mass is 32.1. The van der Waals surface area contributed by atoms with Crippen LogP contribution in [0.5, 0.6) is 0 Å². The molecule has 2 N–H and O–H groups in total. The van der Waals surface area contributed by atoms with Crippen molar-refractivity contribution in [2.75, 3.05) is 0 Å². The second-order valence-corrected chi connectivity index (χ2v) is 6.50. The van der Waals surface area contributed by atoms with E-state index in [0.29, 0.717) is 5.69 Å². The normalized spacial score (nSPS) is 12.6. The molecule has 0 fully saturated rings. The fourth-order valence-electron chi connectivity index (χ4n) is 2.60. The van der Waals surface area contributed by atoms with E-state index in [-0.39, 0.29) is 11.9 Å². The van der Waals surface area contributed by atoms with Crippen molar-refractivity contribution in [2.45, 2.75) is 13.0 Å². The van der Waals surface area contributed by atoms with Gasteiger partial charge in [-0.25, -0.2) is 4.98 Å². The van der Waals surface area contributed by atoms with Crippen molar-refractivity contribution in [1.82, 2.24) is 29.5 Å². The van der Waals surface area contributed by atoms with Crippen LogP contribution in [0.4, 0.5) is 0 Å². The van der Waals surface area contributed by atoms with Gasteiger partial charge in [0.1, 0.15) is 11.4 Å². The number of nitrogens with one attached hydrogen (secondary N) is 2. The van der Waals surface area contributed by atoms with Gasteiger partial charge in [0.05, 0.1) is 17.4 Å². The molecule has 4 heterocycles. The fraction of sp³-hybridized carbons (Fsp3) is 0.188. The highest BCUT2D eigenvalue weighted by Gasteiger charge is 2.17. The van der Waals surface area contributed by atoms with Crippen molar-refractivity contribution in [3.63, 3.8) is 0 Å². The number of hydrogen-bond acceptors (Lipinski definition) is 4. The zero-order chi connectivity index (χ0) is 16.7. The topological polar surface area (TPSA) is 80.0 Å². The molecule has 0 aliphatic carbocycles. The van der Waals surface area contributed by atoms with Gasteiger partial charge >= 0.3 is 0 Å². The van der Waals surface area contributed by atoms with E-state index in [0.717, 1.165) is 22.0 Å². The average Bonchev–Trinajstić information content (AvgIpc) is 3.30. The van der Waals surface area contributed by atoms with E-state index in [1.165, 1.54) is 0 Å². The van der Waals surface area contributed by atoms with E-state index in [4.69, 9.17) is 0 Å². The van der Waals surface area contributed by atoms with Crippen molar-refractivity contribution in [1.29, 1.82) is 0 Å². The Hall–Kier alpha value is -2.87. The molecule has 122 valence electrons. The Balaban J connectivity index is 1.51. The van der Waals surface area contributed by atoms with E-state index in [1.807, 2.05) is 59.0 Å². The van der Waals surface area contributed by atoms with Gasteiger partial charge in [0.2, 0.25) is 0 Å². The number of aromatic nitrogens is 5. The SMILES string of the molecule is CC(NC(=O)c1cc(-c2cccn2C)n[nH]1)c1cn2ccsc2n1. The predicted octanol–water partition coefficient (Wildman–Crippen LogP) is 2.62. The first kappa shape index (κ1) is 14.7. The number of aryl methyl sites for hydroxylation is 1. The van der Waals surface area contributed by atoms with Crippen LogP contribution in [0.2, 0.25) is 0 Å². The highest BCUT2D eigenvalue weighted by molar-refractivity contribution is 7.15. The molecule has 0 spiro atoms. The molecule has 0 aliphatic rings. The van der Waals surface area contributed by atoms with Gasteiger partial charge in [0.25, 0.3) is 5.91 Å². The van der Waals surface area contributed by atoms with Crippen LogP contribution in [0.25, 0.3) is 16.3 Å². The molecule has 8 heteroatoms.